The lowest BCUT2D eigenvalue weighted by Crippen LogP contribution is -2.44. The van der Waals surface area contributed by atoms with E-state index in [-0.39, 0.29) is 17.2 Å². The number of nitrogens with zero attached hydrogens (tertiary/aromatic N) is 1. The van der Waals surface area contributed by atoms with Gasteiger partial charge in [0.1, 0.15) is 0 Å². The third-order valence-corrected chi connectivity index (χ3v) is 5.21. The molecule has 4 nitrogen and oxygen atoms in total. The molecule has 6 heteroatoms. The Morgan fingerprint density at radius 3 is 2.48 bits per heavy atom. The fourth-order valence-corrected chi connectivity index (χ4v) is 3.40. The van der Waals surface area contributed by atoms with Crippen LogP contribution < -0.4 is 5.32 Å². The summed E-state index contributed by atoms with van der Waals surface area (Å²) >= 11 is 11.8. The first-order valence-electron chi connectivity index (χ1n) is 7.00. The van der Waals surface area contributed by atoms with Gasteiger partial charge in [0.15, 0.2) is 0 Å². The molecule has 2 amide bonds. The molecule has 0 bridgehead atoms. The van der Waals surface area contributed by atoms with E-state index >= 15 is 0 Å². The zero-order chi connectivity index (χ0) is 15.0. The lowest BCUT2D eigenvalue weighted by Gasteiger charge is -2.38. The van der Waals surface area contributed by atoms with Crippen molar-refractivity contribution >= 4 is 35.0 Å². The zero-order valence-corrected chi connectivity index (χ0v) is 13.0. The molecule has 1 N–H and O–H groups in total. The van der Waals surface area contributed by atoms with Gasteiger partial charge in [-0.15, -0.1) is 0 Å². The van der Waals surface area contributed by atoms with Crippen LogP contribution in [-0.2, 0) is 4.79 Å². The third-order valence-electron chi connectivity index (χ3n) is 4.47. The van der Waals surface area contributed by atoms with Crippen molar-refractivity contribution in [2.45, 2.75) is 19.3 Å². The molecule has 0 atom stereocenters. The van der Waals surface area contributed by atoms with Crippen LogP contribution in [0.4, 0.5) is 0 Å². The second-order valence-electron chi connectivity index (χ2n) is 5.87. The minimum absolute atomic E-state index is 0.0271. The SMILES string of the molecule is O=C1CC2(CCN(C(=O)c3ccc(Cl)c(Cl)c3)CC2)CN1. The van der Waals surface area contributed by atoms with Gasteiger partial charge in [-0.1, -0.05) is 23.2 Å². The molecule has 2 aliphatic heterocycles. The molecule has 2 aliphatic rings. The van der Waals surface area contributed by atoms with Gasteiger partial charge in [-0.25, -0.2) is 0 Å². The quantitative estimate of drug-likeness (QED) is 0.862. The van der Waals surface area contributed by atoms with Crippen LogP contribution in [0.15, 0.2) is 18.2 Å². The van der Waals surface area contributed by atoms with Crippen LogP contribution in [0.3, 0.4) is 0 Å². The van der Waals surface area contributed by atoms with Crippen LogP contribution in [0.25, 0.3) is 0 Å². The molecule has 0 saturated carbocycles. The largest absolute Gasteiger partial charge is 0.356 e. The van der Waals surface area contributed by atoms with E-state index in [0.717, 1.165) is 19.4 Å². The van der Waals surface area contributed by atoms with E-state index in [2.05, 4.69) is 5.32 Å². The first-order valence-corrected chi connectivity index (χ1v) is 7.76. The normalized spacial score (nSPS) is 20.7. The van der Waals surface area contributed by atoms with Gasteiger partial charge in [0.25, 0.3) is 5.91 Å². The highest BCUT2D eigenvalue weighted by atomic mass is 35.5. The van der Waals surface area contributed by atoms with E-state index in [4.69, 9.17) is 23.2 Å². The highest BCUT2D eigenvalue weighted by Gasteiger charge is 2.41. The van der Waals surface area contributed by atoms with Crippen molar-refractivity contribution in [3.63, 3.8) is 0 Å². The van der Waals surface area contributed by atoms with Crippen molar-refractivity contribution in [3.8, 4) is 0 Å². The minimum Gasteiger partial charge on any atom is -0.356 e. The maximum atomic E-state index is 12.5. The highest BCUT2D eigenvalue weighted by molar-refractivity contribution is 6.42. The Morgan fingerprint density at radius 2 is 1.90 bits per heavy atom. The van der Waals surface area contributed by atoms with Gasteiger partial charge in [-0.05, 0) is 36.5 Å². The van der Waals surface area contributed by atoms with E-state index in [1.165, 1.54) is 0 Å². The summed E-state index contributed by atoms with van der Waals surface area (Å²) in [7, 11) is 0. The van der Waals surface area contributed by atoms with Crippen molar-refractivity contribution in [1.29, 1.82) is 0 Å². The molecule has 1 aromatic rings. The van der Waals surface area contributed by atoms with Crippen LogP contribution in [0.1, 0.15) is 29.6 Å². The maximum absolute atomic E-state index is 12.5. The van der Waals surface area contributed by atoms with Crippen molar-refractivity contribution in [1.82, 2.24) is 10.2 Å². The summed E-state index contributed by atoms with van der Waals surface area (Å²) in [6.45, 7) is 2.09. The summed E-state index contributed by atoms with van der Waals surface area (Å²) in [5, 5.41) is 3.73. The lowest BCUT2D eigenvalue weighted by atomic mass is 9.77. The molecule has 2 fully saturated rings. The van der Waals surface area contributed by atoms with Crippen molar-refractivity contribution in [3.05, 3.63) is 33.8 Å². The summed E-state index contributed by atoms with van der Waals surface area (Å²) < 4.78 is 0. The zero-order valence-electron chi connectivity index (χ0n) is 11.5. The van der Waals surface area contributed by atoms with Gasteiger partial charge in [0, 0.05) is 31.6 Å². The molecular weight excluding hydrogens is 311 g/mol. The van der Waals surface area contributed by atoms with E-state index < -0.39 is 0 Å². The van der Waals surface area contributed by atoms with Gasteiger partial charge in [-0.2, -0.15) is 0 Å². The van der Waals surface area contributed by atoms with Crippen LogP contribution >= 0.6 is 23.2 Å². The number of piperidine rings is 1. The van der Waals surface area contributed by atoms with Crippen LogP contribution in [0.2, 0.25) is 10.0 Å². The molecule has 0 unspecified atom stereocenters. The molecule has 2 heterocycles. The monoisotopic (exact) mass is 326 g/mol. The average Bonchev–Trinajstić information content (AvgIpc) is 2.83. The Kier molecular flexibility index (Phi) is 3.84. The Hall–Kier alpha value is -1.26. The van der Waals surface area contributed by atoms with E-state index in [1.807, 2.05) is 4.90 Å². The summed E-state index contributed by atoms with van der Waals surface area (Å²) in [5.74, 6) is 0.0972. The van der Waals surface area contributed by atoms with Crippen LogP contribution in [-0.4, -0.2) is 36.3 Å². The van der Waals surface area contributed by atoms with Gasteiger partial charge in [-0.3, -0.25) is 9.59 Å². The van der Waals surface area contributed by atoms with Gasteiger partial charge >= 0.3 is 0 Å². The number of rotatable bonds is 1. The number of nitrogens with one attached hydrogen (secondary N) is 1. The molecule has 1 spiro atoms. The molecular formula is C15H16Cl2N2O2. The standard InChI is InChI=1S/C15H16Cl2N2O2/c16-11-2-1-10(7-12(11)17)14(21)19-5-3-15(4-6-19)8-13(20)18-9-15/h1-2,7H,3-6,8-9H2,(H,18,20). The second kappa shape index (κ2) is 5.50. The number of benzene rings is 1. The molecule has 112 valence electrons. The highest BCUT2D eigenvalue weighted by Crippen LogP contribution is 2.37. The van der Waals surface area contributed by atoms with E-state index in [1.54, 1.807) is 18.2 Å². The number of carbonyl (C=O) groups excluding carboxylic acids is 2. The van der Waals surface area contributed by atoms with Gasteiger partial charge in [0.2, 0.25) is 5.91 Å². The third kappa shape index (κ3) is 2.87. The summed E-state index contributed by atoms with van der Waals surface area (Å²) in [4.78, 5) is 25.7. The summed E-state index contributed by atoms with van der Waals surface area (Å²) in [6.07, 6.45) is 2.30. The second-order valence-corrected chi connectivity index (χ2v) is 6.69. The van der Waals surface area contributed by atoms with E-state index in [9.17, 15) is 9.59 Å². The number of hydrogen-bond acceptors (Lipinski definition) is 2. The first-order chi connectivity index (χ1) is 9.99. The van der Waals surface area contributed by atoms with Gasteiger partial charge < -0.3 is 10.2 Å². The molecule has 3 rings (SSSR count). The Balaban J connectivity index is 1.67. The van der Waals surface area contributed by atoms with Gasteiger partial charge in [0.05, 0.1) is 10.0 Å². The Bertz CT molecular complexity index is 595. The summed E-state index contributed by atoms with van der Waals surface area (Å²) in [5.41, 5.74) is 0.604. The Labute approximate surface area is 133 Å². The van der Waals surface area contributed by atoms with Crippen molar-refractivity contribution in [2.24, 2.45) is 5.41 Å². The summed E-state index contributed by atoms with van der Waals surface area (Å²) in [6, 6.07) is 4.95. The number of likely N-dealkylation sites (tertiary alicyclic amines) is 1. The molecule has 0 aliphatic carbocycles. The minimum atomic E-state index is -0.0271. The molecule has 0 aromatic heterocycles. The van der Waals surface area contributed by atoms with Crippen LogP contribution in [0, 0.1) is 5.41 Å². The average molecular weight is 327 g/mol. The maximum Gasteiger partial charge on any atom is 0.253 e. The number of amides is 2. The molecule has 2 saturated heterocycles. The number of halogens is 2. The molecule has 1 aromatic carbocycles. The smallest absolute Gasteiger partial charge is 0.253 e. The first kappa shape index (κ1) is 14.7. The topological polar surface area (TPSA) is 49.4 Å². The fraction of sp³-hybridized carbons (Fsp3) is 0.467. The predicted octanol–water partition coefficient (Wildman–Crippen LogP) is 2.74. The lowest BCUT2D eigenvalue weighted by molar-refractivity contribution is -0.119. The Morgan fingerprint density at radius 1 is 1.19 bits per heavy atom. The van der Waals surface area contributed by atoms with Crippen LogP contribution in [0.5, 0.6) is 0 Å². The predicted molar refractivity (Wildman–Crippen MR) is 81.7 cm³/mol. The molecule has 21 heavy (non-hydrogen) atoms. The number of hydrogen-bond donors (Lipinski definition) is 1. The number of carbonyl (C=O) groups is 2. The molecule has 0 radical (unpaired) electrons. The van der Waals surface area contributed by atoms with Crippen molar-refractivity contribution in [2.75, 3.05) is 19.6 Å². The fourth-order valence-electron chi connectivity index (χ4n) is 3.10. The van der Waals surface area contributed by atoms with Crippen molar-refractivity contribution < 1.29 is 9.59 Å². The van der Waals surface area contributed by atoms with E-state index in [0.29, 0.717) is 35.1 Å².